The number of hydrogen-bond acceptors (Lipinski definition) is 2. The zero-order valence-electron chi connectivity index (χ0n) is 17.9. The monoisotopic (exact) mass is 497 g/mol. The normalized spacial score (nSPS) is 15.3. The number of halogens is 2. The van der Waals surface area contributed by atoms with Gasteiger partial charge in [-0.1, -0.05) is 41.1 Å². The molecule has 0 aliphatic carbocycles. The van der Waals surface area contributed by atoms with E-state index in [2.05, 4.69) is 20.5 Å². The average Bonchev–Trinajstić information content (AvgIpc) is 3.27. The van der Waals surface area contributed by atoms with Crippen molar-refractivity contribution in [3.8, 4) is 0 Å². The van der Waals surface area contributed by atoms with Crippen LogP contribution in [0.25, 0.3) is 0 Å². The van der Waals surface area contributed by atoms with Crippen molar-refractivity contribution >= 4 is 27.7 Å². The third-order valence-corrected chi connectivity index (χ3v) is 6.29. The highest BCUT2D eigenvalue weighted by Gasteiger charge is 2.34. The van der Waals surface area contributed by atoms with Crippen molar-refractivity contribution in [2.75, 3.05) is 19.6 Å². The topological polar surface area (TPSA) is 45.6 Å². The molecular formula is C25H25BrFN3O2. The van der Waals surface area contributed by atoms with E-state index < -0.39 is 6.04 Å². The summed E-state index contributed by atoms with van der Waals surface area (Å²) in [6, 6.07) is 17.0. The highest BCUT2D eigenvalue weighted by Crippen LogP contribution is 2.34. The van der Waals surface area contributed by atoms with Gasteiger partial charge in [-0.2, -0.15) is 0 Å². The van der Waals surface area contributed by atoms with Gasteiger partial charge in [0.2, 0.25) is 5.91 Å². The van der Waals surface area contributed by atoms with Crippen molar-refractivity contribution in [3.63, 3.8) is 0 Å². The van der Waals surface area contributed by atoms with Crippen LogP contribution < -0.4 is 0 Å². The minimum absolute atomic E-state index is 0.0472. The zero-order valence-corrected chi connectivity index (χ0v) is 19.5. The minimum atomic E-state index is -0.529. The van der Waals surface area contributed by atoms with E-state index in [-0.39, 0.29) is 24.2 Å². The molecule has 0 spiro atoms. The third kappa shape index (κ3) is 4.48. The largest absolute Gasteiger partial charge is 0.348 e. The van der Waals surface area contributed by atoms with Gasteiger partial charge >= 0.3 is 0 Å². The Balaban J connectivity index is 1.62. The Kier molecular flexibility index (Phi) is 6.74. The third-order valence-electron chi connectivity index (χ3n) is 5.76. The highest BCUT2D eigenvalue weighted by molar-refractivity contribution is 9.10. The van der Waals surface area contributed by atoms with Crippen molar-refractivity contribution in [1.82, 2.24) is 14.4 Å². The molecule has 1 aromatic heterocycles. The summed E-state index contributed by atoms with van der Waals surface area (Å²) >= 11 is 3.38. The van der Waals surface area contributed by atoms with E-state index in [0.29, 0.717) is 30.8 Å². The molecule has 2 heterocycles. The van der Waals surface area contributed by atoms with Crippen LogP contribution in [0.3, 0.4) is 0 Å². The van der Waals surface area contributed by atoms with Crippen molar-refractivity contribution in [1.29, 1.82) is 0 Å². The summed E-state index contributed by atoms with van der Waals surface area (Å²) in [6.45, 7) is 3.48. The molecule has 1 unspecified atom stereocenters. The van der Waals surface area contributed by atoms with Gasteiger partial charge < -0.3 is 14.4 Å². The summed E-state index contributed by atoms with van der Waals surface area (Å²) in [4.78, 5) is 29.9. The fourth-order valence-corrected chi connectivity index (χ4v) is 4.49. The molecule has 2 amide bonds. The van der Waals surface area contributed by atoms with Gasteiger partial charge in [0.1, 0.15) is 18.4 Å². The van der Waals surface area contributed by atoms with Gasteiger partial charge in [0, 0.05) is 47.1 Å². The van der Waals surface area contributed by atoms with Crippen LogP contribution in [0, 0.1) is 5.82 Å². The molecule has 4 rings (SSSR count). The first-order valence-electron chi connectivity index (χ1n) is 10.7. The molecule has 166 valence electrons. The number of carbonyl (C=O) groups is 2. The first-order chi connectivity index (χ1) is 15.5. The first-order valence-corrected chi connectivity index (χ1v) is 11.5. The second-order valence-electron chi connectivity index (χ2n) is 7.87. The van der Waals surface area contributed by atoms with Gasteiger partial charge in [-0.3, -0.25) is 9.59 Å². The maximum absolute atomic E-state index is 14.8. The molecule has 0 saturated carbocycles. The summed E-state index contributed by atoms with van der Waals surface area (Å²) in [5.74, 6) is -0.721. The van der Waals surface area contributed by atoms with Crippen LogP contribution in [0.1, 0.15) is 41.0 Å². The summed E-state index contributed by atoms with van der Waals surface area (Å²) in [7, 11) is 0. The number of benzene rings is 2. The molecule has 3 aromatic rings. The van der Waals surface area contributed by atoms with E-state index >= 15 is 0 Å². The van der Waals surface area contributed by atoms with Crippen LogP contribution in [0.2, 0.25) is 0 Å². The molecule has 7 heteroatoms. The Hall–Kier alpha value is -2.93. The van der Waals surface area contributed by atoms with Gasteiger partial charge in [-0.25, -0.2) is 4.39 Å². The van der Waals surface area contributed by atoms with Gasteiger partial charge in [0.25, 0.3) is 5.91 Å². The molecular weight excluding hydrogens is 473 g/mol. The summed E-state index contributed by atoms with van der Waals surface area (Å²) in [5, 5.41) is 0. The Morgan fingerprint density at radius 1 is 1.06 bits per heavy atom. The number of fused-ring (bicyclic) bond motifs is 1. The van der Waals surface area contributed by atoms with Gasteiger partial charge in [-0.15, -0.1) is 0 Å². The Morgan fingerprint density at radius 3 is 2.53 bits per heavy atom. The SMILES string of the molecule is CCCN(CC(=O)N1CCn2cccc2C1c1ccccc1F)C(=O)c1ccc(Br)cc1. The van der Waals surface area contributed by atoms with Crippen molar-refractivity contribution in [2.24, 2.45) is 0 Å². The van der Waals surface area contributed by atoms with E-state index in [1.807, 2.05) is 37.4 Å². The molecule has 32 heavy (non-hydrogen) atoms. The fraction of sp³-hybridized carbons (Fsp3) is 0.280. The summed E-state index contributed by atoms with van der Waals surface area (Å²) < 4.78 is 17.7. The van der Waals surface area contributed by atoms with Crippen LogP contribution in [0.15, 0.2) is 71.3 Å². The first kappa shape index (κ1) is 22.3. The molecule has 5 nitrogen and oxygen atoms in total. The van der Waals surface area contributed by atoms with E-state index in [1.54, 1.807) is 40.1 Å². The van der Waals surface area contributed by atoms with Crippen molar-refractivity contribution in [2.45, 2.75) is 25.9 Å². The molecule has 0 bridgehead atoms. The van der Waals surface area contributed by atoms with Crippen LogP contribution in [-0.4, -0.2) is 45.8 Å². The predicted octanol–water partition coefficient (Wildman–Crippen LogP) is 4.87. The molecule has 2 aromatic carbocycles. The lowest BCUT2D eigenvalue weighted by molar-refractivity contribution is -0.134. The number of amides is 2. The second kappa shape index (κ2) is 9.69. The minimum Gasteiger partial charge on any atom is -0.348 e. The maximum atomic E-state index is 14.8. The number of rotatable bonds is 6. The lowest BCUT2D eigenvalue weighted by Crippen LogP contribution is -2.48. The lowest BCUT2D eigenvalue weighted by Gasteiger charge is -2.38. The van der Waals surface area contributed by atoms with E-state index in [0.717, 1.165) is 16.6 Å². The number of aromatic nitrogens is 1. The maximum Gasteiger partial charge on any atom is 0.254 e. The molecule has 1 aliphatic heterocycles. The second-order valence-corrected chi connectivity index (χ2v) is 8.79. The quantitative estimate of drug-likeness (QED) is 0.487. The van der Waals surface area contributed by atoms with Crippen LogP contribution >= 0.6 is 15.9 Å². The van der Waals surface area contributed by atoms with Crippen LogP contribution in [0.5, 0.6) is 0 Å². The molecule has 1 atom stereocenters. The van der Waals surface area contributed by atoms with E-state index in [1.165, 1.54) is 6.07 Å². The molecule has 0 N–H and O–H groups in total. The standard InChI is InChI=1S/C25H25BrFN3O2/c1-2-13-29(25(32)18-9-11-19(26)12-10-18)17-23(31)30-16-15-28-14-5-8-22(28)24(30)20-6-3-4-7-21(20)27/h3-12,14,24H,2,13,15-17H2,1H3. The summed E-state index contributed by atoms with van der Waals surface area (Å²) in [5.41, 5.74) is 1.87. The van der Waals surface area contributed by atoms with Crippen molar-refractivity contribution in [3.05, 3.63) is 94.0 Å². The van der Waals surface area contributed by atoms with Gasteiger partial charge in [0.15, 0.2) is 0 Å². The Labute approximate surface area is 195 Å². The highest BCUT2D eigenvalue weighted by atomic mass is 79.9. The molecule has 0 fully saturated rings. The molecule has 1 aliphatic rings. The average molecular weight is 498 g/mol. The molecule has 0 radical (unpaired) electrons. The lowest BCUT2D eigenvalue weighted by atomic mass is 9.99. The Bertz CT molecular complexity index is 1110. The number of carbonyl (C=O) groups excluding carboxylic acids is 2. The fourth-order valence-electron chi connectivity index (χ4n) is 4.23. The molecule has 0 saturated heterocycles. The van der Waals surface area contributed by atoms with E-state index in [9.17, 15) is 14.0 Å². The van der Waals surface area contributed by atoms with Crippen LogP contribution in [-0.2, 0) is 11.3 Å². The summed E-state index contributed by atoms with van der Waals surface area (Å²) in [6.07, 6.45) is 2.68. The predicted molar refractivity (Wildman–Crippen MR) is 125 cm³/mol. The number of hydrogen-bond donors (Lipinski definition) is 0. The van der Waals surface area contributed by atoms with Crippen LogP contribution in [0.4, 0.5) is 4.39 Å². The van der Waals surface area contributed by atoms with Crippen molar-refractivity contribution < 1.29 is 14.0 Å². The smallest absolute Gasteiger partial charge is 0.254 e. The Morgan fingerprint density at radius 2 is 1.81 bits per heavy atom. The van der Waals surface area contributed by atoms with E-state index in [4.69, 9.17) is 0 Å². The van der Waals surface area contributed by atoms with Gasteiger partial charge in [0.05, 0.1) is 0 Å². The zero-order chi connectivity index (χ0) is 22.7. The van der Waals surface area contributed by atoms with Gasteiger partial charge in [-0.05, 0) is 48.9 Å². The number of nitrogens with zero attached hydrogens (tertiary/aromatic N) is 3.